The van der Waals surface area contributed by atoms with Crippen molar-refractivity contribution in [1.29, 1.82) is 0 Å². The molecule has 0 aliphatic heterocycles. The zero-order chi connectivity index (χ0) is 13.4. The first-order valence-corrected chi connectivity index (χ1v) is 5.74. The third-order valence-electron chi connectivity index (χ3n) is 2.04. The largest absolute Gasteiger partial charge is 0.491 e. The Balaban J connectivity index is 2.66. The average Bonchev–Trinajstić information content (AvgIpc) is 2.34. The monoisotopic (exact) mass is 264 g/mol. The second kappa shape index (κ2) is 7.41. The van der Waals surface area contributed by atoms with E-state index in [1.807, 2.05) is 0 Å². The SMILES string of the molecule is CC#CCCOc1ccc(/C=C/C(=O)O)cc1Cl. The van der Waals surface area contributed by atoms with E-state index in [0.29, 0.717) is 29.4 Å². The molecule has 0 heterocycles. The van der Waals surface area contributed by atoms with Crippen LogP contribution in [0.4, 0.5) is 0 Å². The third-order valence-corrected chi connectivity index (χ3v) is 2.33. The second-order valence-corrected chi connectivity index (χ2v) is 3.79. The van der Waals surface area contributed by atoms with Crippen LogP contribution in [0.5, 0.6) is 5.75 Å². The summed E-state index contributed by atoms with van der Waals surface area (Å²) in [5, 5.41) is 8.96. The number of ether oxygens (including phenoxy) is 1. The van der Waals surface area contributed by atoms with Gasteiger partial charge in [0.1, 0.15) is 5.75 Å². The fraction of sp³-hybridized carbons (Fsp3) is 0.214. The van der Waals surface area contributed by atoms with E-state index in [4.69, 9.17) is 21.4 Å². The van der Waals surface area contributed by atoms with Gasteiger partial charge in [0.25, 0.3) is 0 Å². The predicted molar refractivity (Wildman–Crippen MR) is 71.7 cm³/mol. The molecule has 0 amide bonds. The van der Waals surface area contributed by atoms with E-state index >= 15 is 0 Å². The average molecular weight is 265 g/mol. The number of carbonyl (C=O) groups is 1. The van der Waals surface area contributed by atoms with Gasteiger partial charge in [-0.2, -0.15) is 0 Å². The van der Waals surface area contributed by atoms with E-state index in [1.165, 1.54) is 6.08 Å². The summed E-state index contributed by atoms with van der Waals surface area (Å²) in [4.78, 5) is 10.4. The van der Waals surface area contributed by atoms with Crippen molar-refractivity contribution in [2.45, 2.75) is 13.3 Å². The van der Waals surface area contributed by atoms with Crippen molar-refractivity contribution in [2.75, 3.05) is 6.61 Å². The lowest BCUT2D eigenvalue weighted by atomic mass is 10.2. The second-order valence-electron chi connectivity index (χ2n) is 3.39. The predicted octanol–water partition coefficient (Wildman–Crippen LogP) is 3.23. The maximum absolute atomic E-state index is 10.4. The van der Waals surface area contributed by atoms with Gasteiger partial charge < -0.3 is 9.84 Å². The van der Waals surface area contributed by atoms with Crippen molar-refractivity contribution in [3.63, 3.8) is 0 Å². The first-order chi connectivity index (χ1) is 8.63. The van der Waals surface area contributed by atoms with Crippen molar-refractivity contribution >= 4 is 23.6 Å². The molecule has 0 aliphatic rings. The highest BCUT2D eigenvalue weighted by Gasteiger charge is 2.01. The Morgan fingerprint density at radius 3 is 2.94 bits per heavy atom. The van der Waals surface area contributed by atoms with Crippen LogP contribution in [0, 0.1) is 11.8 Å². The van der Waals surface area contributed by atoms with E-state index in [0.717, 1.165) is 6.08 Å². The van der Waals surface area contributed by atoms with Gasteiger partial charge in [0.15, 0.2) is 0 Å². The van der Waals surface area contributed by atoms with Crippen LogP contribution in [-0.4, -0.2) is 17.7 Å². The summed E-state index contributed by atoms with van der Waals surface area (Å²) in [6.07, 6.45) is 3.18. The summed E-state index contributed by atoms with van der Waals surface area (Å²) in [6, 6.07) is 5.11. The van der Waals surface area contributed by atoms with Crippen molar-refractivity contribution in [1.82, 2.24) is 0 Å². The fourth-order valence-electron chi connectivity index (χ4n) is 1.24. The molecule has 0 atom stereocenters. The summed E-state index contributed by atoms with van der Waals surface area (Å²) in [5.74, 6) is 5.24. The van der Waals surface area contributed by atoms with Gasteiger partial charge in [0, 0.05) is 12.5 Å². The van der Waals surface area contributed by atoms with Gasteiger partial charge in [-0.25, -0.2) is 4.79 Å². The number of carboxylic acids is 1. The minimum absolute atomic E-state index is 0.451. The van der Waals surface area contributed by atoms with Gasteiger partial charge in [-0.05, 0) is 30.7 Å². The maximum atomic E-state index is 10.4. The molecule has 18 heavy (non-hydrogen) atoms. The molecule has 0 saturated heterocycles. The Kier molecular flexibility index (Phi) is 5.83. The Bertz CT molecular complexity index is 510. The normalized spacial score (nSPS) is 9.89. The Morgan fingerprint density at radius 1 is 1.56 bits per heavy atom. The van der Waals surface area contributed by atoms with Crippen LogP contribution >= 0.6 is 11.6 Å². The van der Waals surface area contributed by atoms with Gasteiger partial charge in [0.05, 0.1) is 11.6 Å². The number of aliphatic carboxylic acids is 1. The number of rotatable bonds is 5. The molecule has 0 unspecified atom stereocenters. The summed E-state index contributed by atoms with van der Waals surface area (Å²) in [5.41, 5.74) is 0.711. The first kappa shape index (κ1) is 14.1. The molecular formula is C14H13ClO3. The molecule has 94 valence electrons. The Morgan fingerprint density at radius 2 is 2.33 bits per heavy atom. The highest BCUT2D eigenvalue weighted by Crippen LogP contribution is 2.26. The lowest BCUT2D eigenvalue weighted by molar-refractivity contribution is -0.131. The summed E-state index contributed by atoms with van der Waals surface area (Å²) < 4.78 is 5.44. The Labute approximate surface area is 111 Å². The highest BCUT2D eigenvalue weighted by atomic mass is 35.5. The summed E-state index contributed by atoms with van der Waals surface area (Å²) >= 11 is 6.02. The Hall–Kier alpha value is -1.92. The molecule has 1 N–H and O–H groups in total. The lowest BCUT2D eigenvalue weighted by Crippen LogP contribution is -1.96. The fourth-order valence-corrected chi connectivity index (χ4v) is 1.49. The van der Waals surface area contributed by atoms with Crippen molar-refractivity contribution < 1.29 is 14.6 Å². The minimum atomic E-state index is -0.996. The molecule has 0 radical (unpaired) electrons. The molecule has 0 aliphatic carbocycles. The molecule has 0 aromatic heterocycles. The molecule has 1 aromatic rings. The number of halogens is 1. The quantitative estimate of drug-likeness (QED) is 0.505. The van der Waals surface area contributed by atoms with E-state index in [2.05, 4.69) is 11.8 Å². The summed E-state index contributed by atoms with van der Waals surface area (Å²) in [6.45, 7) is 2.25. The van der Waals surface area contributed by atoms with E-state index in [9.17, 15) is 4.79 Å². The zero-order valence-electron chi connectivity index (χ0n) is 9.94. The van der Waals surface area contributed by atoms with E-state index in [1.54, 1.807) is 25.1 Å². The topological polar surface area (TPSA) is 46.5 Å². The molecule has 0 saturated carbocycles. The van der Waals surface area contributed by atoms with Crippen molar-refractivity contribution in [3.05, 3.63) is 34.9 Å². The first-order valence-electron chi connectivity index (χ1n) is 5.36. The number of carboxylic acid groups (broad SMARTS) is 1. The molecule has 0 bridgehead atoms. The van der Waals surface area contributed by atoms with Gasteiger partial charge >= 0.3 is 5.97 Å². The highest BCUT2D eigenvalue weighted by molar-refractivity contribution is 6.32. The van der Waals surface area contributed by atoms with Gasteiger partial charge in [-0.1, -0.05) is 17.7 Å². The number of hydrogen-bond donors (Lipinski definition) is 1. The molecule has 0 spiro atoms. The standard InChI is InChI=1S/C14H13ClO3/c1-2-3-4-9-18-13-7-5-11(10-12(13)15)6-8-14(16)17/h5-8,10H,4,9H2,1H3,(H,16,17)/b8-6+. The van der Waals surface area contributed by atoms with Crippen LogP contribution in [0.25, 0.3) is 6.08 Å². The van der Waals surface area contributed by atoms with Crippen molar-refractivity contribution in [2.24, 2.45) is 0 Å². The minimum Gasteiger partial charge on any atom is -0.491 e. The molecule has 0 fully saturated rings. The smallest absolute Gasteiger partial charge is 0.328 e. The maximum Gasteiger partial charge on any atom is 0.328 e. The van der Waals surface area contributed by atoms with Gasteiger partial charge in [-0.15, -0.1) is 11.8 Å². The van der Waals surface area contributed by atoms with Crippen LogP contribution in [0.3, 0.4) is 0 Å². The van der Waals surface area contributed by atoms with Crippen LogP contribution in [0.15, 0.2) is 24.3 Å². The molecule has 4 heteroatoms. The third kappa shape index (κ3) is 4.94. The van der Waals surface area contributed by atoms with Gasteiger partial charge in [-0.3, -0.25) is 0 Å². The molecule has 1 rings (SSSR count). The number of hydrogen-bond acceptors (Lipinski definition) is 2. The zero-order valence-corrected chi connectivity index (χ0v) is 10.7. The van der Waals surface area contributed by atoms with Crippen LogP contribution < -0.4 is 4.74 Å². The molecule has 3 nitrogen and oxygen atoms in total. The van der Waals surface area contributed by atoms with Crippen molar-refractivity contribution in [3.8, 4) is 17.6 Å². The molecular weight excluding hydrogens is 252 g/mol. The number of benzene rings is 1. The van der Waals surface area contributed by atoms with Crippen LogP contribution in [0.1, 0.15) is 18.9 Å². The van der Waals surface area contributed by atoms with Crippen LogP contribution in [-0.2, 0) is 4.79 Å². The van der Waals surface area contributed by atoms with E-state index < -0.39 is 5.97 Å². The summed E-state index contributed by atoms with van der Waals surface area (Å²) in [7, 11) is 0. The van der Waals surface area contributed by atoms with Crippen LogP contribution in [0.2, 0.25) is 5.02 Å². The lowest BCUT2D eigenvalue weighted by Gasteiger charge is -2.06. The molecule has 1 aromatic carbocycles. The van der Waals surface area contributed by atoms with E-state index in [-0.39, 0.29) is 0 Å². The van der Waals surface area contributed by atoms with Gasteiger partial charge in [0.2, 0.25) is 0 Å².